The van der Waals surface area contributed by atoms with Gasteiger partial charge in [0, 0.05) is 12.4 Å². The predicted octanol–water partition coefficient (Wildman–Crippen LogP) is 1.55. The number of thiazole rings is 1. The lowest BCUT2D eigenvalue weighted by molar-refractivity contribution is -0.142. The summed E-state index contributed by atoms with van der Waals surface area (Å²) in [7, 11) is 1.89. The van der Waals surface area contributed by atoms with Gasteiger partial charge in [-0.3, -0.25) is 4.79 Å². The van der Waals surface area contributed by atoms with E-state index in [0.29, 0.717) is 12.3 Å². The van der Waals surface area contributed by atoms with Crippen molar-refractivity contribution in [3.8, 4) is 0 Å². The quantitative estimate of drug-likeness (QED) is 0.814. The molecular formula is C12H17N5O2S. The molecule has 2 heterocycles. The summed E-state index contributed by atoms with van der Waals surface area (Å²) < 4.78 is 6.75. The number of esters is 1. The molecule has 20 heavy (non-hydrogen) atoms. The minimum Gasteiger partial charge on any atom is -0.466 e. The fourth-order valence-corrected chi connectivity index (χ4v) is 2.55. The molecule has 1 atom stereocenters. The van der Waals surface area contributed by atoms with Crippen LogP contribution >= 0.6 is 11.3 Å². The van der Waals surface area contributed by atoms with Crippen LogP contribution < -0.4 is 5.32 Å². The fourth-order valence-electron chi connectivity index (χ4n) is 1.75. The third-order valence-electron chi connectivity index (χ3n) is 2.66. The molecule has 0 aromatic carbocycles. The molecule has 0 fully saturated rings. The summed E-state index contributed by atoms with van der Waals surface area (Å²) in [6.07, 6.45) is 1.85. The van der Waals surface area contributed by atoms with Crippen molar-refractivity contribution in [3.63, 3.8) is 0 Å². The van der Waals surface area contributed by atoms with Gasteiger partial charge in [0.05, 0.1) is 24.8 Å². The van der Waals surface area contributed by atoms with Crippen LogP contribution in [0.15, 0.2) is 11.7 Å². The molecule has 0 aliphatic heterocycles. The van der Waals surface area contributed by atoms with Gasteiger partial charge in [0.25, 0.3) is 0 Å². The van der Waals surface area contributed by atoms with Crippen molar-refractivity contribution >= 4 is 22.4 Å². The van der Waals surface area contributed by atoms with Gasteiger partial charge in [0.2, 0.25) is 0 Å². The van der Waals surface area contributed by atoms with Gasteiger partial charge in [0.15, 0.2) is 11.0 Å². The number of rotatable bonds is 6. The van der Waals surface area contributed by atoms with E-state index in [1.54, 1.807) is 13.3 Å². The van der Waals surface area contributed by atoms with Crippen LogP contribution in [-0.2, 0) is 23.0 Å². The first-order valence-corrected chi connectivity index (χ1v) is 7.18. The van der Waals surface area contributed by atoms with Crippen LogP contribution in [0.4, 0.5) is 5.13 Å². The fraction of sp³-hybridized carbons (Fsp3) is 0.500. The Labute approximate surface area is 121 Å². The molecule has 0 spiro atoms. The maximum atomic E-state index is 11.4. The largest absolute Gasteiger partial charge is 0.466 e. The summed E-state index contributed by atoms with van der Waals surface area (Å²) >= 11 is 1.45. The molecule has 8 heteroatoms. The lowest BCUT2D eigenvalue weighted by Gasteiger charge is -2.11. The van der Waals surface area contributed by atoms with Gasteiger partial charge >= 0.3 is 5.97 Å². The Hall–Kier alpha value is -1.96. The van der Waals surface area contributed by atoms with E-state index in [2.05, 4.69) is 20.5 Å². The number of anilines is 1. The van der Waals surface area contributed by atoms with Crippen molar-refractivity contribution in [3.05, 3.63) is 23.2 Å². The first-order chi connectivity index (χ1) is 9.60. The van der Waals surface area contributed by atoms with Gasteiger partial charge in [0.1, 0.15) is 6.33 Å². The predicted molar refractivity (Wildman–Crippen MR) is 75.5 cm³/mol. The number of nitrogens with one attached hydrogen (secondary N) is 1. The van der Waals surface area contributed by atoms with E-state index in [-0.39, 0.29) is 18.4 Å². The molecule has 0 saturated heterocycles. The van der Waals surface area contributed by atoms with E-state index in [4.69, 9.17) is 4.74 Å². The molecule has 0 amide bonds. The highest BCUT2D eigenvalue weighted by molar-refractivity contribution is 7.13. The molecule has 0 radical (unpaired) electrons. The van der Waals surface area contributed by atoms with E-state index >= 15 is 0 Å². The second kappa shape index (κ2) is 6.47. The lowest BCUT2D eigenvalue weighted by Crippen LogP contribution is -2.12. The summed E-state index contributed by atoms with van der Waals surface area (Å²) in [4.78, 5) is 15.7. The van der Waals surface area contributed by atoms with Crippen LogP contribution in [0, 0.1) is 0 Å². The Morgan fingerprint density at radius 2 is 2.40 bits per heavy atom. The number of hydrogen-bond acceptors (Lipinski definition) is 7. The van der Waals surface area contributed by atoms with Crippen LogP contribution in [0.5, 0.6) is 0 Å². The Bertz CT molecular complexity index is 580. The smallest absolute Gasteiger partial charge is 0.311 e. The lowest BCUT2D eigenvalue weighted by atomic mass is 10.3. The molecule has 2 aromatic heterocycles. The van der Waals surface area contributed by atoms with Crippen molar-refractivity contribution in [2.75, 3.05) is 11.9 Å². The summed E-state index contributed by atoms with van der Waals surface area (Å²) in [5, 5.41) is 13.7. The van der Waals surface area contributed by atoms with Crippen molar-refractivity contribution < 1.29 is 9.53 Å². The maximum absolute atomic E-state index is 11.4. The van der Waals surface area contributed by atoms with Gasteiger partial charge in [-0.05, 0) is 13.8 Å². The van der Waals surface area contributed by atoms with Crippen molar-refractivity contribution in [2.45, 2.75) is 26.3 Å². The van der Waals surface area contributed by atoms with Gasteiger partial charge in [-0.15, -0.1) is 21.5 Å². The molecule has 2 aromatic rings. The highest BCUT2D eigenvalue weighted by atomic mass is 32.1. The number of carbonyl (C=O) groups is 1. The third kappa shape index (κ3) is 3.53. The van der Waals surface area contributed by atoms with E-state index in [1.165, 1.54) is 11.3 Å². The Morgan fingerprint density at radius 3 is 3.05 bits per heavy atom. The summed E-state index contributed by atoms with van der Waals surface area (Å²) in [6, 6.07) is -0.0101. The molecule has 1 N–H and O–H groups in total. The second-order valence-corrected chi connectivity index (χ2v) is 5.15. The van der Waals surface area contributed by atoms with Crippen molar-refractivity contribution in [1.82, 2.24) is 19.7 Å². The zero-order valence-corrected chi connectivity index (χ0v) is 12.5. The van der Waals surface area contributed by atoms with Crippen molar-refractivity contribution in [2.24, 2.45) is 7.05 Å². The van der Waals surface area contributed by atoms with Crippen LogP contribution in [0.1, 0.15) is 31.4 Å². The Balaban J connectivity index is 1.96. The summed E-state index contributed by atoms with van der Waals surface area (Å²) in [5.41, 5.74) is 0.709. The minimum absolute atomic E-state index is 0.0101. The van der Waals surface area contributed by atoms with Crippen LogP contribution in [0.3, 0.4) is 0 Å². The number of aryl methyl sites for hydroxylation is 1. The number of carbonyl (C=O) groups excluding carboxylic acids is 1. The molecule has 0 saturated carbocycles. The van der Waals surface area contributed by atoms with E-state index < -0.39 is 0 Å². The van der Waals surface area contributed by atoms with Crippen LogP contribution in [-0.4, -0.2) is 32.3 Å². The molecule has 1 unspecified atom stereocenters. The SMILES string of the molecule is CCOC(=O)Cc1csc(NC(C)c2nncn2C)n1. The monoisotopic (exact) mass is 295 g/mol. The third-order valence-corrected chi connectivity index (χ3v) is 3.48. The normalized spacial score (nSPS) is 12.2. The van der Waals surface area contributed by atoms with Gasteiger partial charge in [-0.2, -0.15) is 0 Å². The second-order valence-electron chi connectivity index (χ2n) is 4.29. The van der Waals surface area contributed by atoms with Crippen molar-refractivity contribution in [1.29, 1.82) is 0 Å². The number of nitrogens with zero attached hydrogens (tertiary/aromatic N) is 4. The topological polar surface area (TPSA) is 81.9 Å². The number of hydrogen-bond donors (Lipinski definition) is 1. The van der Waals surface area contributed by atoms with E-state index in [0.717, 1.165) is 11.0 Å². The summed E-state index contributed by atoms with van der Waals surface area (Å²) in [6.45, 7) is 4.15. The molecule has 2 rings (SSSR count). The minimum atomic E-state index is -0.259. The van der Waals surface area contributed by atoms with Gasteiger partial charge < -0.3 is 14.6 Å². The number of aromatic nitrogens is 4. The standard InChI is InChI=1S/C12H17N5O2S/c1-4-19-10(18)5-9-6-20-12(15-9)14-8(2)11-16-13-7-17(11)3/h6-8H,4-5H2,1-3H3,(H,14,15). The molecule has 7 nitrogen and oxygen atoms in total. The average Bonchev–Trinajstić information content (AvgIpc) is 2.99. The van der Waals surface area contributed by atoms with Gasteiger partial charge in [-0.1, -0.05) is 0 Å². The Kier molecular flexibility index (Phi) is 4.67. The van der Waals surface area contributed by atoms with Gasteiger partial charge in [-0.25, -0.2) is 4.98 Å². The molecular weight excluding hydrogens is 278 g/mol. The van der Waals surface area contributed by atoms with E-state index in [9.17, 15) is 4.79 Å². The molecule has 0 aliphatic carbocycles. The zero-order valence-electron chi connectivity index (χ0n) is 11.7. The maximum Gasteiger partial charge on any atom is 0.311 e. The highest BCUT2D eigenvalue weighted by Gasteiger charge is 2.14. The number of ether oxygens (including phenoxy) is 1. The molecule has 108 valence electrons. The van der Waals surface area contributed by atoms with E-state index in [1.807, 2.05) is 23.9 Å². The zero-order chi connectivity index (χ0) is 14.5. The first-order valence-electron chi connectivity index (χ1n) is 6.30. The Morgan fingerprint density at radius 1 is 1.60 bits per heavy atom. The first kappa shape index (κ1) is 14.4. The summed E-state index contributed by atoms with van der Waals surface area (Å²) in [5.74, 6) is 0.567. The van der Waals surface area contributed by atoms with Crippen LogP contribution in [0.25, 0.3) is 0 Å². The highest BCUT2D eigenvalue weighted by Crippen LogP contribution is 2.21. The average molecular weight is 295 g/mol. The van der Waals surface area contributed by atoms with Crippen LogP contribution in [0.2, 0.25) is 0 Å². The molecule has 0 bridgehead atoms. The molecule has 0 aliphatic rings.